The minimum atomic E-state index is -4.29. The molecule has 2 aliphatic heterocycles. The molecule has 3 N–H and O–H groups in total. The van der Waals surface area contributed by atoms with Crippen LogP contribution in [0.4, 0.5) is 11.4 Å². The van der Waals surface area contributed by atoms with Crippen LogP contribution in [0.15, 0.2) is 56.3 Å². The van der Waals surface area contributed by atoms with Gasteiger partial charge in [-0.2, -0.15) is 8.42 Å². The summed E-state index contributed by atoms with van der Waals surface area (Å²) < 4.78 is 55.5. The van der Waals surface area contributed by atoms with Crippen LogP contribution in [0, 0.1) is 17.8 Å². The number of amides is 1. The lowest BCUT2D eigenvalue weighted by Gasteiger charge is -2.44. The second-order valence-corrected chi connectivity index (χ2v) is 14.1. The van der Waals surface area contributed by atoms with Crippen LogP contribution in [-0.2, 0) is 31.4 Å². The number of benzene rings is 1. The summed E-state index contributed by atoms with van der Waals surface area (Å²) in [5.41, 5.74) is 0.1000. The molecule has 2 fully saturated rings. The molecule has 1 aromatic carbocycles. The zero-order valence-electron chi connectivity index (χ0n) is 19.2. The maximum Gasteiger partial charge on any atom is 0.286 e. The van der Waals surface area contributed by atoms with Crippen LogP contribution in [0.5, 0.6) is 0 Å². The molecule has 1 aromatic heterocycles. The Balaban J connectivity index is 1.42. The molecule has 6 rings (SSSR count). The van der Waals surface area contributed by atoms with E-state index >= 15 is 0 Å². The first kappa shape index (κ1) is 23.5. The lowest BCUT2D eigenvalue weighted by atomic mass is 9.78. The van der Waals surface area contributed by atoms with Crippen molar-refractivity contribution in [1.82, 2.24) is 4.90 Å². The van der Waals surface area contributed by atoms with Crippen LogP contribution in [-0.4, -0.2) is 50.9 Å². The minimum Gasteiger partial charge on any atom is -0.511 e. The molecule has 0 radical (unpaired) electrons. The lowest BCUT2D eigenvalue weighted by Crippen LogP contribution is -2.53. The summed E-state index contributed by atoms with van der Waals surface area (Å²) in [6, 6.07) is 7.74. The number of hydrogen-bond acceptors (Lipinski definition) is 8. The topological polar surface area (TPSA) is 145 Å². The molecule has 10 nitrogen and oxygen atoms in total. The monoisotopic (exact) mass is 548 g/mol. The number of amidine groups is 1. The molecule has 0 unspecified atom stereocenters. The average molecular weight is 549 g/mol. The van der Waals surface area contributed by atoms with E-state index in [9.17, 15) is 26.7 Å². The Morgan fingerprint density at radius 1 is 1.25 bits per heavy atom. The van der Waals surface area contributed by atoms with E-state index in [4.69, 9.17) is 0 Å². The van der Waals surface area contributed by atoms with Gasteiger partial charge < -0.3 is 15.3 Å². The van der Waals surface area contributed by atoms with Crippen molar-refractivity contribution in [3.63, 3.8) is 0 Å². The Morgan fingerprint density at radius 3 is 2.75 bits per heavy atom. The molecule has 2 saturated carbocycles. The number of sulfonamides is 2. The lowest BCUT2D eigenvalue weighted by molar-refractivity contribution is -0.134. The van der Waals surface area contributed by atoms with E-state index < -0.39 is 26.0 Å². The summed E-state index contributed by atoms with van der Waals surface area (Å²) in [7, 11) is -7.90. The minimum absolute atomic E-state index is 0.0722. The van der Waals surface area contributed by atoms with Crippen molar-refractivity contribution in [2.24, 2.45) is 22.2 Å². The van der Waals surface area contributed by atoms with Gasteiger partial charge in [0.25, 0.3) is 15.9 Å². The van der Waals surface area contributed by atoms with Crippen molar-refractivity contribution in [2.75, 3.05) is 16.3 Å². The number of aliphatic hydroxyl groups excluding tert-OH is 1. The summed E-state index contributed by atoms with van der Waals surface area (Å²) in [6.45, 7) is 0.384. The van der Waals surface area contributed by atoms with Crippen LogP contribution >= 0.6 is 11.3 Å². The fourth-order valence-electron chi connectivity index (χ4n) is 6.16. The number of carbonyl (C=O) groups excluding carboxylic acids is 1. The first-order chi connectivity index (χ1) is 17.0. The Bertz CT molecular complexity index is 1550. The van der Waals surface area contributed by atoms with Crippen molar-refractivity contribution < 1.29 is 26.7 Å². The molecule has 2 bridgehead atoms. The van der Waals surface area contributed by atoms with E-state index in [0.29, 0.717) is 12.5 Å². The number of aliphatic hydroxyl groups is 1. The van der Waals surface area contributed by atoms with E-state index in [-0.39, 0.29) is 51.3 Å². The second-order valence-electron chi connectivity index (χ2n) is 9.75. The van der Waals surface area contributed by atoms with Gasteiger partial charge in [0.1, 0.15) is 16.2 Å². The fraction of sp³-hybridized carbons (Fsp3) is 0.391. The highest BCUT2D eigenvalue weighted by Crippen LogP contribution is 2.55. The zero-order valence-corrected chi connectivity index (χ0v) is 21.7. The van der Waals surface area contributed by atoms with E-state index in [1.165, 1.54) is 18.2 Å². The molecule has 1 amide bonds. The van der Waals surface area contributed by atoms with E-state index in [1.54, 1.807) is 16.2 Å². The molecule has 2 aliphatic carbocycles. The zero-order chi connectivity index (χ0) is 25.4. The summed E-state index contributed by atoms with van der Waals surface area (Å²) in [6.07, 6.45) is 3.86. The Labute approximate surface area is 212 Å². The SMILES string of the molecule is CS(=O)(=O)Nc1ccc2c(c1)S(=O)(=O)N=C(C1=C(O)[C@@H]3[C@H]4CC[C@@H](C4)[C@@H]3N(Cc3cccs3)C1=O)N2. The maximum absolute atomic E-state index is 13.8. The van der Waals surface area contributed by atoms with E-state index in [2.05, 4.69) is 14.4 Å². The number of carbonyl (C=O) groups is 1. The first-order valence-corrected chi connectivity index (χ1v) is 15.7. The Kier molecular flexibility index (Phi) is 5.25. The highest BCUT2D eigenvalue weighted by Gasteiger charge is 2.57. The number of rotatable bonds is 5. The third kappa shape index (κ3) is 3.80. The highest BCUT2D eigenvalue weighted by molar-refractivity contribution is 7.92. The van der Waals surface area contributed by atoms with Gasteiger partial charge in [-0.05, 0) is 60.7 Å². The molecule has 3 heterocycles. The number of nitrogens with one attached hydrogen (secondary N) is 2. The van der Waals surface area contributed by atoms with Crippen molar-refractivity contribution >= 4 is 54.5 Å². The highest BCUT2D eigenvalue weighted by atomic mass is 32.2. The van der Waals surface area contributed by atoms with Crippen molar-refractivity contribution in [3.8, 4) is 0 Å². The molecule has 36 heavy (non-hydrogen) atoms. The summed E-state index contributed by atoms with van der Waals surface area (Å²) in [5.74, 6) is -0.488. The molecule has 190 valence electrons. The molecule has 4 aliphatic rings. The molecule has 0 saturated heterocycles. The first-order valence-electron chi connectivity index (χ1n) is 11.5. The van der Waals surface area contributed by atoms with E-state index in [0.717, 1.165) is 30.4 Å². The molecule has 13 heteroatoms. The summed E-state index contributed by atoms with van der Waals surface area (Å²) in [4.78, 5) is 16.4. The Hall–Kier alpha value is -2.90. The smallest absolute Gasteiger partial charge is 0.286 e. The molecule has 0 spiro atoms. The number of hydrogen-bond donors (Lipinski definition) is 3. The summed E-state index contributed by atoms with van der Waals surface area (Å²) >= 11 is 1.54. The van der Waals surface area contributed by atoms with Gasteiger partial charge in [-0.1, -0.05) is 6.07 Å². The van der Waals surface area contributed by atoms with Crippen molar-refractivity contribution in [1.29, 1.82) is 0 Å². The normalized spacial score (nSPS) is 28.4. The molecule has 4 atom stereocenters. The van der Waals surface area contributed by atoms with Crippen LogP contribution in [0.25, 0.3) is 0 Å². The summed E-state index contributed by atoms with van der Waals surface area (Å²) in [5, 5.41) is 16.2. The third-order valence-corrected chi connectivity index (χ3v) is 10.2. The predicted octanol–water partition coefficient (Wildman–Crippen LogP) is 2.90. The number of anilines is 2. The van der Waals surface area contributed by atoms with Crippen LogP contribution in [0.3, 0.4) is 0 Å². The van der Waals surface area contributed by atoms with Gasteiger partial charge in [-0.3, -0.25) is 9.52 Å². The maximum atomic E-state index is 13.8. The van der Waals surface area contributed by atoms with Crippen LogP contribution < -0.4 is 10.0 Å². The second kappa shape index (κ2) is 8.05. The Morgan fingerprint density at radius 2 is 2.03 bits per heavy atom. The molecular formula is C23H24N4O6S3. The largest absolute Gasteiger partial charge is 0.511 e. The van der Waals surface area contributed by atoms with E-state index in [1.807, 2.05) is 17.5 Å². The quantitative estimate of drug-likeness (QED) is 0.521. The standard InChI is InChI=1S/C23H24N4O6S3/c1-35(30,31)25-14-6-7-16-17(10-14)36(32,33)26-22(24-16)19-21(28)18-12-4-5-13(9-12)20(18)27(23(19)29)11-15-3-2-8-34-15/h2-3,6-8,10,12-13,18,20,25,28H,4-5,9,11H2,1H3,(H,24,26)/t12-,13-,18+,20-/m0/s1. The van der Waals surface area contributed by atoms with Crippen molar-refractivity contribution in [2.45, 2.75) is 36.7 Å². The number of thiophene rings is 1. The van der Waals surface area contributed by atoms with Gasteiger partial charge in [-0.15, -0.1) is 15.7 Å². The van der Waals surface area contributed by atoms with Gasteiger partial charge >= 0.3 is 0 Å². The average Bonchev–Trinajstić information content (AvgIpc) is 3.54. The molecule has 2 aromatic rings. The molecular weight excluding hydrogens is 524 g/mol. The van der Waals surface area contributed by atoms with Gasteiger partial charge in [0.2, 0.25) is 10.0 Å². The van der Waals surface area contributed by atoms with Gasteiger partial charge in [-0.25, -0.2) is 8.42 Å². The van der Waals surface area contributed by atoms with Gasteiger partial charge in [0, 0.05) is 22.5 Å². The number of fused-ring (bicyclic) bond motifs is 6. The van der Waals surface area contributed by atoms with Crippen molar-refractivity contribution in [3.05, 3.63) is 51.9 Å². The van der Waals surface area contributed by atoms with Crippen LogP contribution in [0.1, 0.15) is 24.1 Å². The van der Waals surface area contributed by atoms with Crippen LogP contribution in [0.2, 0.25) is 0 Å². The fourth-order valence-corrected chi connectivity index (χ4v) is 8.57. The third-order valence-electron chi connectivity index (χ3n) is 7.45. The number of nitrogens with zero attached hydrogens (tertiary/aromatic N) is 2. The predicted molar refractivity (Wildman–Crippen MR) is 136 cm³/mol. The van der Waals surface area contributed by atoms with Gasteiger partial charge in [0.05, 0.1) is 18.5 Å². The van der Waals surface area contributed by atoms with Gasteiger partial charge in [0.15, 0.2) is 5.84 Å².